The van der Waals surface area contributed by atoms with Crippen LogP contribution >= 0.6 is 0 Å². The van der Waals surface area contributed by atoms with Gasteiger partial charge in [-0.2, -0.15) is 0 Å². The number of imidazole rings is 1. The van der Waals surface area contributed by atoms with Gasteiger partial charge in [0, 0.05) is 0 Å². The molecular formula is C6H10ClN3O. The highest BCUT2D eigenvalue weighted by Gasteiger charge is 2.06. The molecule has 1 rings (SSSR count). The molecule has 5 heteroatoms. The van der Waals surface area contributed by atoms with Crippen LogP contribution in [0, 0.1) is 0 Å². The van der Waals surface area contributed by atoms with Crippen LogP contribution in [0.3, 0.4) is 0 Å². The average Bonchev–Trinajstić information content (AvgIpc) is 2.20. The van der Waals surface area contributed by atoms with E-state index in [1.54, 1.807) is 0 Å². The number of rotatable bonds is 1. The quantitative estimate of drug-likeness (QED) is 0.206. The Hall–Kier alpha value is -1.03. The molecule has 0 aliphatic carbocycles. The van der Waals surface area contributed by atoms with Gasteiger partial charge in [0.2, 0.25) is 0 Å². The lowest BCUT2D eigenvalue weighted by atomic mass is 10.6. The summed E-state index contributed by atoms with van der Waals surface area (Å²) in [5.41, 5.74) is 0. The fourth-order valence-corrected chi connectivity index (χ4v) is 0.835. The number of aromatic nitrogens is 2. The molecule has 0 saturated heterocycles. The zero-order chi connectivity index (χ0) is 7.56. The molecule has 0 amide bonds. The maximum Gasteiger partial charge on any atom is 0.303 e. The van der Waals surface area contributed by atoms with Crippen molar-refractivity contribution in [1.82, 2.24) is 4.57 Å². The normalized spacial score (nSPS) is 10.0. The average molecular weight is 176 g/mol. The molecule has 1 aromatic rings. The van der Waals surface area contributed by atoms with E-state index >= 15 is 0 Å². The fraction of sp³-hybridized carbons (Fsp3) is 0.333. The van der Waals surface area contributed by atoms with E-state index in [-0.39, 0.29) is 12.4 Å². The third-order valence-corrected chi connectivity index (χ3v) is 1.41. The number of hydrogen-bond acceptors (Lipinski definition) is 2. The van der Waals surface area contributed by atoms with Gasteiger partial charge in [0.05, 0.1) is 14.1 Å². The van der Waals surface area contributed by atoms with Gasteiger partial charge in [-0.25, -0.2) is 9.13 Å². The van der Waals surface area contributed by atoms with E-state index in [9.17, 15) is 0 Å². The van der Waals surface area contributed by atoms with E-state index in [2.05, 4.69) is 5.16 Å². The van der Waals surface area contributed by atoms with Gasteiger partial charge in [-0.1, -0.05) is 5.16 Å². The van der Waals surface area contributed by atoms with Gasteiger partial charge in [0.25, 0.3) is 0 Å². The summed E-state index contributed by atoms with van der Waals surface area (Å²) >= 11 is 0. The van der Waals surface area contributed by atoms with Gasteiger partial charge in [0.1, 0.15) is 12.4 Å². The zero-order valence-corrected chi connectivity index (χ0v) is 7.15. The molecule has 1 aromatic heterocycles. The summed E-state index contributed by atoms with van der Waals surface area (Å²) in [6.45, 7) is 0. The summed E-state index contributed by atoms with van der Waals surface area (Å²) < 4.78 is 3.72. The van der Waals surface area contributed by atoms with Crippen molar-refractivity contribution >= 4 is 6.21 Å². The molecule has 1 N–H and O–H groups in total. The molecule has 11 heavy (non-hydrogen) atoms. The van der Waals surface area contributed by atoms with Crippen LogP contribution < -0.4 is 17.0 Å². The third-order valence-electron chi connectivity index (χ3n) is 1.41. The van der Waals surface area contributed by atoms with E-state index < -0.39 is 0 Å². The molecule has 0 bridgehead atoms. The summed E-state index contributed by atoms with van der Waals surface area (Å²) in [6.07, 6.45) is 5.16. The van der Waals surface area contributed by atoms with E-state index in [1.807, 2.05) is 35.6 Å². The first-order valence-electron chi connectivity index (χ1n) is 2.94. The fourth-order valence-electron chi connectivity index (χ4n) is 0.835. The van der Waals surface area contributed by atoms with Crippen LogP contribution in [0.2, 0.25) is 0 Å². The predicted octanol–water partition coefficient (Wildman–Crippen LogP) is -3.34. The van der Waals surface area contributed by atoms with Crippen LogP contribution in [-0.4, -0.2) is 16.0 Å². The predicted molar refractivity (Wildman–Crippen MR) is 36.0 cm³/mol. The van der Waals surface area contributed by atoms with E-state index in [4.69, 9.17) is 5.21 Å². The molecule has 0 saturated carbocycles. The Kier molecular flexibility index (Phi) is 3.60. The van der Waals surface area contributed by atoms with Crippen molar-refractivity contribution in [3.63, 3.8) is 0 Å². The van der Waals surface area contributed by atoms with Crippen molar-refractivity contribution in [3.8, 4) is 0 Å². The van der Waals surface area contributed by atoms with Crippen LogP contribution in [0.4, 0.5) is 0 Å². The second-order valence-corrected chi connectivity index (χ2v) is 2.12. The topological polar surface area (TPSA) is 41.4 Å². The third kappa shape index (κ3) is 1.94. The minimum Gasteiger partial charge on any atom is -1.00 e. The zero-order valence-electron chi connectivity index (χ0n) is 6.40. The summed E-state index contributed by atoms with van der Waals surface area (Å²) in [5.74, 6) is 0.850. The Bertz CT molecular complexity index is 237. The van der Waals surface area contributed by atoms with Crippen LogP contribution in [-0.2, 0) is 14.1 Å². The van der Waals surface area contributed by atoms with Crippen LogP contribution in [0.15, 0.2) is 17.5 Å². The molecule has 0 aliphatic heterocycles. The highest BCUT2D eigenvalue weighted by atomic mass is 35.5. The van der Waals surface area contributed by atoms with Crippen LogP contribution in [0.1, 0.15) is 5.82 Å². The molecule has 0 spiro atoms. The summed E-state index contributed by atoms with van der Waals surface area (Å²) in [6, 6.07) is 0. The van der Waals surface area contributed by atoms with Crippen molar-refractivity contribution in [3.05, 3.63) is 18.2 Å². The minimum atomic E-state index is 0. The lowest BCUT2D eigenvalue weighted by Crippen LogP contribution is -3.00. The van der Waals surface area contributed by atoms with Crippen molar-refractivity contribution in [2.75, 3.05) is 0 Å². The second kappa shape index (κ2) is 3.98. The molecule has 0 aromatic carbocycles. The Balaban J connectivity index is 0.000001000. The molecule has 0 aliphatic rings. The number of halogens is 1. The van der Waals surface area contributed by atoms with E-state index in [0.29, 0.717) is 0 Å². The number of aryl methyl sites for hydroxylation is 2. The molecule has 0 radical (unpaired) electrons. The Morgan fingerprint density at radius 3 is 2.73 bits per heavy atom. The first kappa shape index (κ1) is 9.97. The lowest BCUT2D eigenvalue weighted by Gasteiger charge is -1.86. The monoisotopic (exact) mass is 175 g/mol. The first-order chi connectivity index (χ1) is 4.75. The molecule has 0 fully saturated rings. The SMILES string of the molecule is Cn1cc[n+](C)c1C=NO.[Cl-]. The van der Waals surface area contributed by atoms with Gasteiger partial charge < -0.3 is 17.6 Å². The second-order valence-electron chi connectivity index (χ2n) is 2.12. The van der Waals surface area contributed by atoms with Gasteiger partial charge >= 0.3 is 5.82 Å². The van der Waals surface area contributed by atoms with Gasteiger partial charge in [-0.05, 0) is 0 Å². The lowest BCUT2D eigenvalue weighted by molar-refractivity contribution is -0.671. The number of nitrogens with zero attached hydrogens (tertiary/aromatic N) is 3. The maximum absolute atomic E-state index is 8.23. The van der Waals surface area contributed by atoms with Gasteiger partial charge in [-0.15, -0.1) is 0 Å². The number of hydrogen-bond donors (Lipinski definition) is 1. The summed E-state index contributed by atoms with van der Waals surface area (Å²) in [5, 5.41) is 11.2. The van der Waals surface area contributed by atoms with Gasteiger partial charge in [0.15, 0.2) is 6.21 Å². The van der Waals surface area contributed by atoms with E-state index in [0.717, 1.165) is 5.82 Å². The molecule has 0 atom stereocenters. The van der Waals surface area contributed by atoms with Crippen molar-refractivity contribution in [2.24, 2.45) is 19.3 Å². The highest BCUT2D eigenvalue weighted by Crippen LogP contribution is 1.84. The Morgan fingerprint density at radius 1 is 1.73 bits per heavy atom. The Morgan fingerprint density at radius 2 is 2.36 bits per heavy atom. The molecular weight excluding hydrogens is 166 g/mol. The standard InChI is InChI=1S/C6H9N3O.ClH/c1-8-3-4-9(2)6(8)5-7-10;/h3-5H,1-2H3;1H. The van der Waals surface area contributed by atoms with Crippen molar-refractivity contribution in [2.45, 2.75) is 0 Å². The molecule has 0 unspecified atom stereocenters. The van der Waals surface area contributed by atoms with Crippen molar-refractivity contribution < 1.29 is 22.2 Å². The Labute approximate surface area is 71.2 Å². The minimum absolute atomic E-state index is 0. The molecule has 62 valence electrons. The summed E-state index contributed by atoms with van der Waals surface area (Å²) in [4.78, 5) is 0. The highest BCUT2D eigenvalue weighted by molar-refractivity contribution is 5.72. The number of oxime groups is 1. The maximum atomic E-state index is 8.23. The van der Waals surface area contributed by atoms with Crippen LogP contribution in [0.5, 0.6) is 0 Å². The molecule has 1 heterocycles. The smallest absolute Gasteiger partial charge is 0.303 e. The largest absolute Gasteiger partial charge is 1.00 e. The first-order valence-corrected chi connectivity index (χ1v) is 2.94. The van der Waals surface area contributed by atoms with Crippen molar-refractivity contribution in [1.29, 1.82) is 0 Å². The van der Waals surface area contributed by atoms with Gasteiger partial charge in [-0.3, -0.25) is 0 Å². The van der Waals surface area contributed by atoms with E-state index in [1.165, 1.54) is 6.21 Å². The van der Waals surface area contributed by atoms with Crippen LogP contribution in [0.25, 0.3) is 0 Å². The molecule has 4 nitrogen and oxygen atoms in total. The summed E-state index contributed by atoms with van der Waals surface area (Å²) in [7, 11) is 3.77.